The Balaban J connectivity index is 0.00000300. The maximum absolute atomic E-state index is 6.24. The molecule has 0 amide bonds. The van der Waals surface area contributed by atoms with Crippen molar-refractivity contribution in [3.8, 4) is 0 Å². The van der Waals surface area contributed by atoms with Gasteiger partial charge in [0.05, 0.1) is 31.5 Å². The van der Waals surface area contributed by atoms with Crippen LogP contribution in [0.5, 0.6) is 0 Å². The number of hydrogen-bond acceptors (Lipinski definition) is 5. The van der Waals surface area contributed by atoms with Crippen LogP contribution in [-0.4, -0.2) is 55.7 Å². The van der Waals surface area contributed by atoms with Gasteiger partial charge in [-0.05, 0) is 31.5 Å². The highest BCUT2D eigenvalue weighted by Crippen LogP contribution is 2.24. The van der Waals surface area contributed by atoms with Gasteiger partial charge in [-0.1, -0.05) is 23.7 Å². The second kappa shape index (κ2) is 12.0. The summed E-state index contributed by atoms with van der Waals surface area (Å²) < 4.78 is 5.53. The molecule has 1 aromatic carbocycles. The molecule has 9 heteroatoms. The lowest BCUT2D eigenvalue weighted by atomic mass is 10.0. The summed E-state index contributed by atoms with van der Waals surface area (Å²) in [4.78, 5) is 12.6. The molecule has 3 rings (SSSR count). The van der Waals surface area contributed by atoms with Crippen molar-refractivity contribution in [1.82, 2.24) is 20.5 Å². The number of aromatic nitrogens is 1. The molecule has 0 radical (unpaired) electrons. The van der Waals surface area contributed by atoms with Gasteiger partial charge in [0.15, 0.2) is 5.96 Å². The van der Waals surface area contributed by atoms with Gasteiger partial charge in [0.25, 0.3) is 0 Å². The Bertz CT molecular complexity index is 790. The van der Waals surface area contributed by atoms with E-state index in [-0.39, 0.29) is 30.0 Å². The molecular formula is C20H29ClIN5OS. The average Bonchev–Trinajstić information content (AvgIpc) is 3.03. The lowest BCUT2D eigenvalue weighted by Gasteiger charge is -2.35. The number of rotatable bonds is 6. The van der Waals surface area contributed by atoms with E-state index in [4.69, 9.17) is 16.3 Å². The molecule has 1 unspecified atom stereocenters. The van der Waals surface area contributed by atoms with Crippen LogP contribution in [0.25, 0.3) is 0 Å². The van der Waals surface area contributed by atoms with E-state index in [0.717, 1.165) is 54.5 Å². The van der Waals surface area contributed by atoms with Gasteiger partial charge < -0.3 is 15.4 Å². The fraction of sp³-hybridized carbons (Fsp3) is 0.500. The highest BCUT2D eigenvalue weighted by molar-refractivity contribution is 14.0. The van der Waals surface area contributed by atoms with Gasteiger partial charge in [-0.3, -0.25) is 9.89 Å². The Morgan fingerprint density at radius 1 is 1.31 bits per heavy atom. The fourth-order valence-electron chi connectivity index (χ4n) is 3.25. The summed E-state index contributed by atoms with van der Waals surface area (Å²) in [6.45, 7) is 8.86. The van der Waals surface area contributed by atoms with E-state index in [0.29, 0.717) is 6.54 Å². The summed E-state index contributed by atoms with van der Waals surface area (Å²) in [5, 5.41) is 8.66. The van der Waals surface area contributed by atoms with Crippen molar-refractivity contribution in [1.29, 1.82) is 0 Å². The second-order valence-corrected chi connectivity index (χ2v) is 8.50. The first-order valence-corrected chi connectivity index (χ1v) is 10.7. The highest BCUT2D eigenvalue weighted by Gasteiger charge is 2.23. The molecule has 0 spiro atoms. The Hall–Kier alpha value is -0.940. The number of aliphatic imine (C=N–C) groups is 1. The van der Waals surface area contributed by atoms with Gasteiger partial charge in [-0.2, -0.15) is 0 Å². The van der Waals surface area contributed by atoms with Gasteiger partial charge in [-0.25, -0.2) is 4.98 Å². The quantitative estimate of drug-likeness (QED) is 0.326. The molecule has 0 aliphatic carbocycles. The smallest absolute Gasteiger partial charge is 0.191 e. The summed E-state index contributed by atoms with van der Waals surface area (Å²) in [6.07, 6.45) is 0. The minimum Gasteiger partial charge on any atom is -0.379 e. The number of thiazole rings is 1. The monoisotopic (exact) mass is 549 g/mol. The predicted octanol–water partition coefficient (Wildman–Crippen LogP) is 3.77. The zero-order valence-electron chi connectivity index (χ0n) is 17.1. The van der Waals surface area contributed by atoms with Crippen molar-refractivity contribution in [3.63, 3.8) is 0 Å². The van der Waals surface area contributed by atoms with E-state index in [2.05, 4.69) is 38.5 Å². The van der Waals surface area contributed by atoms with E-state index in [1.54, 1.807) is 18.4 Å². The molecule has 0 bridgehead atoms. The number of nitrogens with one attached hydrogen (secondary N) is 2. The number of halogens is 2. The molecule has 2 aromatic rings. The maximum atomic E-state index is 6.24. The van der Waals surface area contributed by atoms with Crippen molar-refractivity contribution >= 4 is 52.9 Å². The molecule has 1 atom stereocenters. The Morgan fingerprint density at radius 2 is 2.07 bits per heavy atom. The first kappa shape index (κ1) is 24.3. The molecule has 29 heavy (non-hydrogen) atoms. The third-order valence-electron chi connectivity index (χ3n) is 4.89. The van der Waals surface area contributed by atoms with Gasteiger partial charge in [0.1, 0.15) is 5.01 Å². The Labute approximate surface area is 199 Å². The third kappa shape index (κ3) is 7.06. The van der Waals surface area contributed by atoms with Crippen LogP contribution in [-0.2, 0) is 11.3 Å². The highest BCUT2D eigenvalue weighted by atomic mass is 127. The first-order chi connectivity index (χ1) is 13.6. The van der Waals surface area contributed by atoms with Crippen LogP contribution in [0.3, 0.4) is 0 Å². The van der Waals surface area contributed by atoms with E-state index < -0.39 is 0 Å². The van der Waals surface area contributed by atoms with Crippen LogP contribution in [0.2, 0.25) is 5.02 Å². The minimum absolute atomic E-state index is 0. The lowest BCUT2D eigenvalue weighted by molar-refractivity contribution is 0.0170. The topological polar surface area (TPSA) is 61.8 Å². The van der Waals surface area contributed by atoms with Crippen LogP contribution < -0.4 is 10.6 Å². The van der Waals surface area contributed by atoms with Crippen LogP contribution >= 0.6 is 46.9 Å². The average molecular weight is 550 g/mol. The Morgan fingerprint density at radius 3 is 2.69 bits per heavy atom. The van der Waals surface area contributed by atoms with Gasteiger partial charge in [0, 0.05) is 36.6 Å². The third-order valence-corrected chi connectivity index (χ3v) is 6.19. The molecule has 1 aliphatic rings. The lowest BCUT2D eigenvalue weighted by Crippen LogP contribution is -2.46. The van der Waals surface area contributed by atoms with Crippen LogP contribution in [0.15, 0.2) is 29.3 Å². The standard InChI is InChI=1S/C20H28ClN5OS.HI/c1-14-15(2)28-19(25-14)13-24-20(22-3)23-12-18(26-7-9-27-10-8-26)16-5-4-6-17(21)11-16;/h4-6,11,18H,7-10,12-13H2,1-3H3,(H2,22,23,24);1H. The number of benzene rings is 1. The number of aryl methyl sites for hydroxylation is 2. The minimum atomic E-state index is 0. The second-order valence-electron chi connectivity index (χ2n) is 6.78. The van der Waals surface area contributed by atoms with Gasteiger partial charge >= 0.3 is 0 Å². The summed E-state index contributed by atoms with van der Waals surface area (Å²) in [5.41, 5.74) is 2.29. The molecule has 1 aliphatic heterocycles. The molecule has 6 nitrogen and oxygen atoms in total. The largest absolute Gasteiger partial charge is 0.379 e. The molecule has 2 heterocycles. The van der Waals surface area contributed by atoms with Crippen molar-refractivity contribution in [2.45, 2.75) is 26.4 Å². The SMILES string of the molecule is CN=C(NCc1nc(C)c(C)s1)NCC(c1cccc(Cl)c1)N1CCOCC1.I. The van der Waals surface area contributed by atoms with Crippen LogP contribution in [0.4, 0.5) is 0 Å². The number of ether oxygens (including phenoxy) is 1. The predicted molar refractivity (Wildman–Crippen MR) is 132 cm³/mol. The molecular weight excluding hydrogens is 521 g/mol. The fourth-order valence-corrected chi connectivity index (χ4v) is 4.32. The van der Waals surface area contributed by atoms with E-state index >= 15 is 0 Å². The first-order valence-electron chi connectivity index (χ1n) is 9.51. The van der Waals surface area contributed by atoms with Crippen molar-refractivity contribution in [2.24, 2.45) is 4.99 Å². The summed E-state index contributed by atoms with van der Waals surface area (Å²) in [5.74, 6) is 0.769. The molecule has 1 aromatic heterocycles. The maximum Gasteiger partial charge on any atom is 0.191 e. The summed E-state index contributed by atoms with van der Waals surface area (Å²) >= 11 is 7.96. The molecule has 0 saturated carbocycles. The van der Waals surface area contributed by atoms with Crippen LogP contribution in [0, 0.1) is 13.8 Å². The molecule has 2 N–H and O–H groups in total. The zero-order valence-corrected chi connectivity index (χ0v) is 21.0. The summed E-state index contributed by atoms with van der Waals surface area (Å²) in [7, 11) is 1.79. The number of nitrogens with zero attached hydrogens (tertiary/aromatic N) is 3. The molecule has 1 saturated heterocycles. The van der Waals surface area contributed by atoms with E-state index in [1.807, 2.05) is 25.1 Å². The number of hydrogen-bond donors (Lipinski definition) is 2. The van der Waals surface area contributed by atoms with E-state index in [9.17, 15) is 0 Å². The number of guanidine groups is 1. The van der Waals surface area contributed by atoms with Crippen LogP contribution in [0.1, 0.15) is 27.2 Å². The summed E-state index contributed by atoms with van der Waals surface area (Å²) in [6, 6.07) is 8.29. The number of morpholine rings is 1. The molecule has 160 valence electrons. The van der Waals surface area contributed by atoms with Crippen molar-refractivity contribution < 1.29 is 4.74 Å². The molecule has 1 fully saturated rings. The van der Waals surface area contributed by atoms with E-state index in [1.165, 1.54) is 10.4 Å². The van der Waals surface area contributed by atoms with Gasteiger partial charge in [0.2, 0.25) is 0 Å². The van der Waals surface area contributed by atoms with Gasteiger partial charge in [-0.15, -0.1) is 35.3 Å². The van der Waals surface area contributed by atoms with Crippen molar-refractivity contribution in [2.75, 3.05) is 39.9 Å². The zero-order chi connectivity index (χ0) is 19.9. The van der Waals surface area contributed by atoms with Crippen molar-refractivity contribution in [3.05, 3.63) is 50.4 Å². The normalized spacial score (nSPS) is 16.2. The Kier molecular flexibility index (Phi) is 10.1.